The molecule has 2 aromatic heterocycles. The predicted molar refractivity (Wildman–Crippen MR) is 113 cm³/mol. The van der Waals surface area contributed by atoms with E-state index >= 15 is 0 Å². The largest absolute Gasteiger partial charge is 0.325 e. The molecule has 0 fully saturated rings. The molecule has 4 aromatic rings. The fraction of sp³-hybridized carbons (Fsp3) is 0.238. The summed E-state index contributed by atoms with van der Waals surface area (Å²) in [7, 11) is 0. The van der Waals surface area contributed by atoms with Crippen molar-refractivity contribution in [2.24, 2.45) is 0 Å². The third kappa shape index (κ3) is 3.71. The number of hydrogen-bond donors (Lipinski definition) is 1. The highest BCUT2D eigenvalue weighted by atomic mass is 32.2. The van der Waals surface area contributed by atoms with Crippen LogP contribution in [0.15, 0.2) is 53.7 Å². The molecule has 0 bridgehead atoms. The number of nitrogens with zero attached hydrogens (tertiary/aromatic N) is 4. The van der Waals surface area contributed by atoms with Crippen molar-refractivity contribution in [3.05, 3.63) is 59.9 Å². The number of para-hydroxylation sites is 1. The molecule has 0 spiro atoms. The Morgan fingerprint density at radius 3 is 2.79 bits per heavy atom. The van der Waals surface area contributed by atoms with Crippen molar-refractivity contribution in [2.45, 2.75) is 31.8 Å². The molecule has 1 amide bonds. The zero-order valence-corrected chi connectivity index (χ0v) is 16.8. The number of rotatable bonds is 5. The summed E-state index contributed by atoms with van der Waals surface area (Å²) in [5.74, 6) is 1.25. The van der Waals surface area contributed by atoms with Gasteiger partial charge in [-0.2, -0.15) is 4.52 Å². The van der Waals surface area contributed by atoms with E-state index in [1.807, 2.05) is 49.4 Å². The van der Waals surface area contributed by atoms with Gasteiger partial charge >= 0.3 is 0 Å². The number of aromatic nitrogens is 4. The van der Waals surface area contributed by atoms with E-state index in [-0.39, 0.29) is 11.7 Å². The van der Waals surface area contributed by atoms with E-state index in [4.69, 9.17) is 0 Å². The Hall–Kier alpha value is -2.93. The first-order valence-electron chi connectivity index (χ1n) is 9.16. The van der Waals surface area contributed by atoms with Crippen molar-refractivity contribution in [1.29, 1.82) is 0 Å². The van der Waals surface area contributed by atoms with Crippen molar-refractivity contribution in [3.63, 3.8) is 0 Å². The highest BCUT2D eigenvalue weighted by Crippen LogP contribution is 2.24. The third-order valence-electron chi connectivity index (χ3n) is 4.42. The molecule has 6 nitrogen and oxygen atoms in total. The van der Waals surface area contributed by atoms with E-state index in [0.29, 0.717) is 16.9 Å². The van der Waals surface area contributed by atoms with Gasteiger partial charge in [0.25, 0.3) is 0 Å². The maximum atomic E-state index is 12.5. The van der Waals surface area contributed by atoms with Crippen molar-refractivity contribution in [1.82, 2.24) is 19.6 Å². The van der Waals surface area contributed by atoms with Crippen LogP contribution in [0.5, 0.6) is 0 Å². The van der Waals surface area contributed by atoms with Gasteiger partial charge < -0.3 is 5.32 Å². The minimum atomic E-state index is -0.0779. The van der Waals surface area contributed by atoms with Crippen LogP contribution in [-0.2, 0) is 4.79 Å². The van der Waals surface area contributed by atoms with Gasteiger partial charge in [-0.25, -0.2) is 9.97 Å². The second kappa shape index (κ2) is 7.59. The molecule has 28 heavy (non-hydrogen) atoms. The average molecular weight is 392 g/mol. The zero-order valence-electron chi connectivity index (χ0n) is 16.0. The molecule has 0 aliphatic carbocycles. The fourth-order valence-electron chi connectivity index (χ4n) is 3.03. The van der Waals surface area contributed by atoms with Gasteiger partial charge in [-0.3, -0.25) is 4.79 Å². The van der Waals surface area contributed by atoms with E-state index in [2.05, 4.69) is 40.3 Å². The number of thioether (sulfide) groups is 1. The number of anilines is 1. The molecule has 142 valence electrons. The van der Waals surface area contributed by atoms with Gasteiger partial charge in [0.2, 0.25) is 5.91 Å². The molecule has 0 saturated heterocycles. The van der Waals surface area contributed by atoms with Gasteiger partial charge in [-0.15, -0.1) is 5.10 Å². The van der Waals surface area contributed by atoms with Crippen LogP contribution in [0.25, 0.3) is 16.6 Å². The number of fused-ring (bicyclic) bond motifs is 3. The summed E-state index contributed by atoms with van der Waals surface area (Å²) in [4.78, 5) is 21.7. The Balaban J connectivity index is 1.55. The number of amides is 1. The molecular weight excluding hydrogens is 370 g/mol. The molecule has 0 unspecified atom stereocenters. The summed E-state index contributed by atoms with van der Waals surface area (Å²) >= 11 is 1.35. The van der Waals surface area contributed by atoms with Crippen molar-refractivity contribution >= 4 is 39.9 Å². The second-order valence-electron chi connectivity index (χ2n) is 6.92. The van der Waals surface area contributed by atoms with Crippen molar-refractivity contribution < 1.29 is 4.79 Å². The van der Waals surface area contributed by atoms with Gasteiger partial charge in [-0.1, -0.05) is 49.9 Å². The van der Waals surface area contributed by atoms with Crippen molar-refractivity contribution in [2.75, 3.05) is 11.1 Å². The van der Waals surface area contributed by atoms with E-state index in [9.17, 15) is 4.79 Å². The van der Waals surface area contributed by atoms with Crippen LogP contribution in [0.4, 0.5) is 5.69 Å². The lowest BCUT2D eigenvalue weighted by molar-refractivity contribution is -0.113. The summed E-state index contributed by atoms with van der Waals surface area (Å²) in [5, 5.41) is 9.01. The van der Waals surface area contributed by atoms with Crippen molar-refractivity contribution in [3.8, 4) is 0 Å². The number of hydrogen-bond acceptors (Lipinski definition) is 5. The Bertz CT molecular complexity index is 1170. The third-order valence-corrected chi connectivity index (χ3v) is 5.35. The van der Waals surface area contributed by atoms with E-state index in [0.717, 1.165) is 22.2 Å². The van der Waals surface area contributed by atoms with Crippen LogP contribution in [0.1, 0.15) is 31.2 Å². The van der Waals surface area contributed by atoms with Crippen LogP contribution in [-0.4, -0.2) is 31.2 Å². The summed E-state index contributed by atoms with van der Waals surface area (Å²) in [6, 6.07) is 15.8. The minimum absolute atomic E-state index is 0.0779. The summed E-state index contributed by atoms with van der Waals surface area (Å²) in [6.45, 7) is 6.12. The quantitative estimate of drug-likeness (QED) is 0.402. The first-order valence-corrected chi connectivity index (χ1v) is 10.1. The van der Waals surface area contributed by atoms with E-state index in [1.165, 1.54) is 17.3 Å². The van der Waals surface area contributed by atoms with Crippen LogP contribution >= 0.6 is 11.8 Å². The summed E-state index contributed by atoms with van der Waals surface area (Å²) in [6.07, 6.45) is 0. The molecule has 7 heteroatoms. The lowest BCUT2D eigenvalue weighted by Crippen LogP contribution is -2.15. The maximum Gasteiger partial charge on any atom is 0.234 e. The number of carbonyl (C=O) groups excluding carboxylic acids is 1. The number of carbonyl (C=O) groups is 1. The Kier molecular flexibility index (Phi) is 5.00. The molecule has 1 N–H and O–H groups in total. The smallest absolute Gasteiger partial charge is 0.234 e. The molecule has 0 saturated carbocycles. The molecule has 4 rings (SSSR count). The molecular formula is C21H21N5OS. The molecule has 0 aliphatic heterocycles. The topological polar surface area (TPSA) is 72.2 Å². The first kappa shape index (κ1) is 18.4. The Labute approximate surface area is 167 Å². The summed E-state index contributed by atoms with van der Waals surface area (Å²) in [5.41, 5.74) is 3.61. The van der Waals surface area contributed by atoms with Gasteiger partial charge in [0.15, 0.2) is 10.8 Å². The van der Waals surface area contributed by atoms with Gasteiger partial charge in [0, 0.05) is 11.1 Å². The highest BCUT2D eigenvalue weighted by Gasteiger charge is 2.14. The Morgan fingerprint density at radius 1 is 1.14 bits per heavy atom. The summed E-state index contributed by atoms with van der Waals surface area (Å²) < 4.78 is 1.72. The zero-order chi connectivity index (χ0) is 19.7. The van der Waals surface area contributed by atoms with Crippen LogP contribution in [0.3, 0.4) is 0 Å². The number of benzene rings is 2. The normalized spacial score (nSPS) is 11.4. The van der Waals surface area contributed by atoms with Gasteiger partial charge in [0.05, 0.1) is 11.3 Å². The average Bonchev–Trinajstić information content (AvgIpc) is 3.08. The molecule has 0 aliphatic rings. The SMILES string of the molecule is Cc1nc2c3ccccc3nc(SCC(=O)Nc3cccc(C(C)C)c3)n2n1. The van der Waals surface area contributed by atoms with Crippen LogP contribution in [0.2, 0.25) is 0 Å². The van der Waals surface area contributed by atoms with Gasteiger partial charge in [0.1, 0.15) is 5.82 Å². The van der Waals surface area contributed by atoms with E-state index in [1.54, 1.807) is 4.52 Å². The first-order chi connectivity index (χ1) is 13.5. The van der Waals surface area contributed by atoms with Crippen LogP contribution in [0, 0.1) is 6.92 Å². The van der Waals surface area contributed by atoms with Gasteiger partial charge in [-0.05, 0) is 42.7 Å². The predicted octanol–water partition coefficient (Wildman–Crippen LogP) is 4.44. The lowest BCUT2D eigenvalue weighted by Gasteiger charge is -2.10. The molecule has 0 radical (unpaired) electrons. The van der Waals surface area contributed by atoms with Crippen LogP contribution < -0.4 is 5.32 Å². The second-order valence-corrected chi connectivity index (χ2v) is 7.87. The van der Waals surface area contributed by atoms with E-state index < -0.39 is 0 Å². The lowest BCUT2D eigenvalue weighted by atomic mass is 10.0. The monoisotopic (exact) mass is 391 g/mol. The fourth-order valence-corrected chi connectivity index (χ4v) is 3.77. The Morgan fingerprint density at radius 2 is 1.96 bits per heavy atom. The maximum absolute atomic E-state index is 12.5. The molecule has 0 atom stereocenters. The minimum Gasteiger partial charge on any atom is -0.325 e. The molecule has 2 heterocycles. The standard InChI is InChI=1S/C21H21N5OS/c1-13(2)15-7-6-8-16(11-15)23-19(27)12-28-21-24-18-10-5-4-9-17(18)20-22-14(3)25-26(20)21/h4-11,13H,12H2,1-3H3,(H,23,27). The highest BCUT2D eigenvalue weighted by molar-refractivity contribution is 7.99. The number of aryl methyl sites for hydroxylation is 1. The molecule has 2 aromatic carbocycles. The number of nitrogens with one attached hydrogen (secondary N) is 1.